The van der Waals surface area contributed by atoms with Gasteiger partial charge in [0, 0.05) is 0 Å². The average molecular weight is 201 g/mol. The molecule has 1 amide bonds. The van der Waals surface area contributed by atoms with Crippen LogP contribution in [0.3, 0.4) is 0 Å². The van der Waals surface area contributed by atoms with Gasteiger partial charge in [-0.05, 0) is 27.2 Å². The highest BCUT2D eigenvalue weighted by Gasteiger charge is 2.17. The predicted molar refractivity (Wildman–Crippen MR) is 51.6 cm³/mol. The first-order valence-electron chi connectivity index (χ1n) is 4.30. The van der Waals surface area contributed by atoms with Crippen LogP contribution in [0, 0.1) is 0 Å². The van der Waals surface area contributed by atoms with E-state index in [0.717, 1.165) is 0 Å². The van der Waals surface area contributed by atoms with Crippen LogP contribution in [0.25, 0.3) is 0 Å². The molecule has 5 heteroatoms. The van der Waals surface area contributed by atoms with Gasteiger partial charge in [0.05, 0.1) is 0 Å². The zero-order valence-corrected chi connectivity index (χ0v) is 8.83. The molecule has 80 valence electrons. The molecule has 0 unspecified atom stereocenters. The van der Waals surface area contributed by atoms with Crippen molar-refractivity contribution in [1.82, 2.24) is 0 Å². The van der Waals surface area contributed by atoms with Gasteiger partial charge in [0.1, 0.15) is 11.3 Å². The zero-order chi connectivity index (χ0) is 11.4. The molecule has 0 aromatic rings. The molecule has 0 saturated heterocycles. The molecule has 0 aliphatic carbocycles. The van der Waals surface area contributed by atoms with Crippen LogP contribution in [0.1, 0.15) is 34.1 Å². The number of hydrogen-bond acceptors (Lipinski definition) is 3. The third-order valence-electron chi connectivity index (χ3n) is 1.20. The Hall–Kier alpha value is -1.39. The van der Waals surface area contributed by atoms with Crippen molar-refractivity contribution in [3.63, 3.8) is 0 Å². The van der Waals surface area contributed by atoms with E-state index in [4.69, 9.17) is 9.84 Å². The Bertz CT molecular complexity index is 262. The molecule has 0 heterocycles. The van der Waals surface area contributed by atoms with E-state index in [1.54, 1.807) is 27.7 Å². The number of hydrogen-bond donors (Lipinski definition) is 1. The minimum Gasteiger partial charge on any atom is -0.477 e. The first kappa shape index (κ1) is 12.6. The lowest BCUT2D eigenvalue weighted by molar-refractivity contribution is -0.129. The molecule has 1 N–H and O–H groups in total. The minimum atomic E-state index is -1.20. The number of carbonyl (C=O) groups is 2. The summed E-state index contributed by atoms with van der Waals surface area (Å²) in [5.41, 5.74) is -0.850. The summed E-state index contributed by atoms with van der Waals surface area (Å²) in [6.07, 6.45) is -0.675. The number of carbonyl (C=O) groups excluding carboxylic acids is 1. The molecular weight excluding hydrogens is 186 g/mol. The van der Waals surface area contributed by atoms with Crippen LogP contribution >= 0.6 is 0 Å². The Morgan fingerprint density at radius 3 is 2.14 bits per heavy atom. The Kier molecular flexibility index (Phi) is 4.27. The molecular formula is C9H15NO4. The number of carboxylic acids is 1. The van der Waals surface area contributed by atoms with Gasteiger partial charge in [0.2, 0.25) is 0 Å². The fourth-order valence-corrected chi connectivity index (χ4v) is 0.673. The summed E-state index contributed by atoms with van der Waals surface area (Å²) >= 11 is 0. The summed E-state index contributed by atoms with van der Waals surface area (Å²) in [7, 11) is 0. The van der Waals surface area contributed by atoms with Crippen molar-refractivity contribution >= 4 is 17.8 Å². The van der Waals surface area contributed by atoms with Crippen LogP contribution in [0.2, 0.25) is 0 Å². The standard InChI is InChI=1S/C9H15NO4/c1-5-6(7(11)12)10-8(13)14-9(2,3)4/h5H2,1-4H3,(H,11,12). The second kappa shape index (κ2) is 4.74. The summed E-state index contributed by atoms with van der Waals surface area (Å²) in [5, 5.41) is 8.58. The van der Waals surface area contributed by atoms with Gasteiger partial charge >= 0.3 is 12.1 Å². The Morgan fingerprint density at radius 2 is 1.86 bits per heavy atom. The molecule has 0 radical (unpaired) electrons. The maximum Gasteiger partial charge on any atom is 0.434 e. The lowest BCUT2D eigenvalue weighted by atomic mass is 10.2. The summed E-state index contributed by atoms with van der Waals surface area (Å²) in [5.74, 6) is -1.20. The normalized spacial score (nSPS) is 12.4. The van der Waals surface area contributed by atoms with Crippen LogP contribution in [-0.2, 0) is 9.53 Å². The molecule has 0 fully saturated rings. The molecule has 14 heavy (non-hydrogen) atoms. The monoisotopic (exact) mass is 201 g/mol. The summed E-state index contributed by atoms with van der Waals surface area (Å²) in [6.45, 7) is 6.67. The van der Waals surface area contributed by atoms with Gasteiger partial charge in [-0.3, -0.25) is 0 Å². The molecule has 0 bridgehead atoms. The molecule has 0 aromatic carbocycles. The van der Waals surface area contributed by atoms with Crippen LogP contribution in [0.15, 0.2) is 4.99 Å². The maximum atomic E-state index is 11.1. The smallest absolute Gasteiger partial charge is 0.434 e. The number of ether oxygens (including phenoxy) is 1. The van der Waals surface area contributed by atoms with Crippen LogP contribution in [0.5, 0.6) is 0 Å². The summed E-state index contributed by atoms with van der Waals surface area (Å²) in [4.78, 5) is 24.9. The maximum absolute atomic E-state index is 11.1. The fraction of sp³-hybridized carbons (Fsp3) is 0.667. The number of carboxylic acid groups (broad SMARTS) is 1. The Morgan fingerprint density at radius 1 is 1.36 bits per heavy atom. The molecule has 0 spiro atoms. The Labute approximate surface area is 82.8 Å². The number of aliphatic carboxylic acids is 1. The van der Waals surface area contributed by atoms with Gasteiger partial charge in [-0.1, -0.05) is 6.92 Å². The van der Waals surface area contributed by atoms with E-state index in [-0.39, 0.29) is 12.1 Å². The molecule has 0 rings (SSSR count). The van der Waals surface area contributed by atoms with Gasteiger partial charge in [-0.15, -0.1) is 0 Å². The van der Waals surface area contributed by atoms with E-state index in [9.17, 15) is 9.59 Å². The zero-order valence-electron chi connectivity index (χ0n) is 8.83. The number of rotatable bonds is 2. The molecule has 0 atom stereocenters. The quantitative estimate of drug-likeness (QED) is 0.692. The number of aliphatic imine (C=N–C) groups is 1. The van der Waals surface area contributed by atoms with E-state index in [2.05, 4.69) is 4.99 Å². The van der Waals surface area contributed by atoms with Crippen molar-refractivity contribution in [2.24, 2.45) is 4.99 Å². The first-order chi connectivity index (χ1) is 6.26. The topological polar surface area (TPSA) is 76.0 Å². The molecule has 0 aliphatic heterocycles. The first-order valence-corrected chi connectivity index (χ1v) is 4.30. The molecule has 0 aliphatic rings. The van der Waals surface area contributed by atoms with E-state index in [1.165, 1.54) is 0 Å². The van der Waals surface area contributed by atoms with E-state index in [1.807, 2.05) is 0 Å². The molecule has 0 aromatic heterocycles. The van der Waals surface area contributed by atoms with E-state index >= 15 is 0 Å². The van der Waals surface area contributed by atoms with Crippen LogP contribution in [0.4, 0.5) is 4.79 Å². The van der Waals surface area contributed by atoms with Crippen molar-refractivity contribution in [3.8, 4) is 0 Å². The van der Waals surface area contributed by atoms with Gasteiger partial charge < -0.3 is 9.84 Å². The molecule has 0 saturated carbocycles. The van der Waals surface area contributed by atoms with Gasteiger partial charge in [-0.25, -0.2) is 9.59 Å². The molecule has 5 nitrogen and oxygen atoms in total. The highest BCUT2D eigenvalue weighted by atomic mass is 16.6. The van der Waals surface area contributed by atoms with Crippen molar-refractivity contribution in [2.75, 3.05) is 0 Å². The SMILES string of the molecule is CCC(=NC(=O)OC(C)(C)C)C(=O)O. The second-order valence-corrected chi connectivity index (χ2v) is 3.70. The van der Waals surface area contributed by atoms with Gasteiger partial charge in [-0.2, -0.15) is 4.99 Å². The van der Waals surface area contributed by atoms with Crippen molar-refractivity contribution in [1.29, 1.82) is 0 Å². The van der Waals surface area contributed by atoms with Crippen molar-refractivity contribution < 1.29 is 19.4 Å². The third-order valence-corrected chi connectivity index (χ3v) is 1.20. The highest BCUT2D eigenvalue weighted by molar-refractivity contribution is 6.36. The second-order valence-electron chi connectivity index (χ2n) is 3.70. The van der Waals surface area contributed by atoms with Crippen LogP contribution < -0.4 is 0 Å². The largest absolute Gasteiger partial charge is 0.477 e. The van der Waals surface area contributed by atoms with E-state index in [0.29, 0.717) is 0 Å². The highest BCUT2D eigenvalue weighted by Crippen LogP contribution is 2.08. The van der Waals surface area contributed by atoms with Gasteiger partial charge in [0.25, 0.3) is 0 Å². The average Bonchev–Trinajstić information content (AvgIpc) is 1.96. The van der Waals surface area contributed by atoms with Crippen molar-refractivity contribution in [2.45, 2.75) is 39.7 Å². The number of amides is 1. The Balaban J connectivity index is 4.49. The number of nitrogens with zero attached hydrogens (tertiary/aromatic N) is 1. The van der Waals surface area contributed by atoms with Crippen molar-refractivity contribution in [3.05, 3.63) is 0 Å². The van der Waals surface area contributed by atoms with E-state index < -0.39 is 17.7 Å². The fourth-order valence-electron chi connectivity index (χ4n) is 0.673. The lowest BCUT2D eigenvalue weighted by Crippen LogP contribution is -2.23. The van der Waals surface area contributed by atoms with Gasteiger partial charge in [0.15, 0.2) is 0 Å². The lowest BCUT2D eigenvalue weighted by Gasteiger charge is -2.17. The summed E-state index contributed by atoms with van der Waals surface area (Å²) in [6, 6.07) is 0. The minimum absolute atomic E-state index is 0.189. The predicted octanol–water partition coefficient (Wildman–Crippen LogP) is 1.86. The third kappa shape index (κ3) is 5.29. The van der Waals surface area contributed by atoms with Crippen LogP contribution in [-0.4, -0.2) is 28.5 Å². The summed E-state index contributed by atoms with van der Waals surface area (Å²) < 4.78 is 4.83.